The van der Waals surface area contributed by atoms with E-state index >= 15 is 0 Å². The Balaban J connectivity index is 3.47. The topological polar surface area (TPSA) is 46.5 Å². The molecule has 1 N–H and O–H groups in total. The molecule has 1 rings (SSSR count). The van der Waals surface area contributed by atoms with E-state index in [0.717, 1.165) is 0 Å². The Hall–Kier alpha value is -1.01. The number of halogens is 8. The van der Waals surface area contributed by atoms with Crippen LogP contribution >= 0.6 is 0 Å². The van der Waals surface area contributed by atoms with Crippen molar-refractivity contribution in [2.45, 2.75) is 24.4 Å². The fraction of sp³-hybridized carbons (Fsp3) is 0.500. The van der Waals surface area contributed by atoms with Gasteiger partial charge in [0, 0.05) is 0 Å². The van der Waals surface area contributed by atoms with Crippen LogP contribution < -0.4 is 0 Å². The highest BCUT2D eigenvalue weighted by Gasteiger charge is 2.60. The molecule has 0 saturated heterocycles. The predicted octanol–water partition coefficient (Wildman–Crippen LogP) is 3.48. The third-order valence-corrected chi connectivity index (χ3v) is 2.72. The standard InChI is InChI=1S/C8H4F8O3S/c9-2-3(10)5(12)7(19-20(17)18,1-8(14,15)16)6(13)4(2)11/h5H,1H2,(H,17,18). The molecule has 1 aliphatic carbocycles. The largest absolute Gasteiger partial charge is 0.392 e. The third kappa shape index (κ3) is 3.01. The van der Waals surface area contributed by atoms with E-state index < -0.39 is 59.0 Å². The van der Waals surface area contributed by atoms with E-state index in [1.807, 2.05) is 0 Å². The van der Waals surface area contributed by atoms with Gasteiger partial charge in [-0.3, -0.25) is 8.74 Å². The Morgan fingerprint density at radius 1 is 1.20 bits per heavy atom. The minimum atomic E-state index is -5.44. The highest BCUT2D eigenvalue weighted by Crippen LogP contribution is 2.49. The van der Waals surface area contributed by atoms with Crippen molar-refractivity contribution in [1.82, 2.24) is 0 Å². The van der Waals surface area contributed by atoms with Crippen LogP contribution in [-0.2, 0) is 15.5 Å². The Bertz CT molecular complexity index is 498. The van der Waals surface area contributed by atoms with Gasteiger partial charge in [0.15, 0.2) is 35.1 Å². The van der Waals surface area contributed by atoms with Gasteiger partial charge in [-0.1, -0.05) is 0 Å². The molecular weight excluding hydrogens is 328 g/mol. The molecule has 0 saturated carbocycles. The Morgan fingerprint density at radius 3 is 2.10 bits per heavy atom. The highest BCUT2D eigenvalue weighted by molar-refractivity contribution is 7.74. The summed E-state index contributed by atoms with van der Waals surface area (Å²) in [5.74, 6) is -11.0. The van der Waals surface area contributed by atoms with E-state index in [1.165, 1.54) is 0 Å². The van der Waals surface area contributed by atoms with Gasteiger partial charge in [-0.2, -0.15) is 17.4 Å². The van der Waals surface area contributed by atoms with Crippen molar-refractivity contribution < 1.29 is 48.1 Å². The highest BCUT2D eigenvalue weighted by atomic mass is 32.2. The van der Waals surface area contributed by atoms with Crippen LogP contribution in [0.15, 0.2) is 23.3 Å². The number of hydrogen-bond donors (Lipinski definition) is 1. The molecule has 0 radical (unpaired) electrons. The van der Waals surface area contributed by atoms with Crippen LogP contribution in [0.3, 0.4) is 0 Å². The molecule has 12 heteroatoms. The Kier molecular flexibility index (Phi) is 4.61. The lowest BCUT2D eigenvalue weighted by atomic mass is 9.87. The zero-order valence-electron chi connectivity index (χ0n) is 8.98. The van der Waals surface area contributed by atoms with Crippen molar-refractivity contribution in [3.63, 3.8) is 0 Å². The summed E-state index contributed by atoms with van der Waals surface area (Å²) in [6, 6.07) is 0. The first-order chi connectivity index (χ1) is 8.92. The predicted molar refractivity (Wildman–Crippen MR) is 48.6 cm³/mol. The molecule has 3 unspecified atom stereocenters. The van der Waals surface area contributed by atoms with Gasteiger partial charge in [-0.15, -0.1) is 0 Å². The Morgan fingerprint density at radius 2 is 1.70 bits per heavy atom. The van der Waals surface area contributed by atoms with E-state index in [1.54, 1.807) is 0 Å². The van der Waals surface area contributed by atoms with Crippen molar-refractivity contribution in [3.8, 4) is 0 Å². The summed E-state index contributed by atoms with van der Waals surface area (Å²) in [7, 11) is 0. The van der Waals surface area contributed by atoms with E-state index in [0.29, 0.717) is 0 Å². The number of rotatable bonds is 3. The monoisotopic (exact) mass is 332 g/mol. The number of allylic oxidation sites excluding steroid dienone is 2. The zero-order valence-corrected chi connectivity index (χ0v) is 9.80. The summed E-state index contributed by atoms with van der Waals surface area (Å²) < 4.78 is 124. The summed E-state index contributed by atoms with van der Waals surface area (Å²) >= 11 is -3.71. The summed E-state index contributed by atoms with van der Waals surface area (Å²) in [6.07, 6.45) is -11.9. The number of alkyl halides is 4. The molecule has 1 aliphatic rings. The van der Waals surface area contributed by atoms with Gasteiger partial charge in [0.1, 0.15) is 0 Å². The molecule has 3 atom stereocenters. The quantitative estimate of drug-likeness (QED) is 0.636. The maximum Gasteiger partial charge on any atom is 0.392 e. The van der Waals surface area contributed by atoms with Gasteiger partial charge in [-0.25, -0.2) is 22.0 Å². The van der Waals surface area contributed by atoms with Crippen LogP contribution in [0.4, 0.5) is 35.1 Å². The molecular formula is C8H4F8O3S. The molecule has 0 aromatic carbocycles. The van der Waals surface area contributed by atoms with E-state index in [4.69, 9.17) is 4.55 Å². The second kappa shape index (κ2) is 5.41. The van der Waals surface area contributed by atoms with Gasteiger partial charge < -0.3 is 0 Å². The lowest BCUT2D eigenvalue weighted by Gasteiger charge is -2.35. The second-order valence-electron chi connectivity index (χ2n) is 3.63. The van der Waals surface area contributed by atoms with E-state index in [2.05, 4.69) is 4.18 Å². The first-order valence-corrected chi connectivity index (χ1v) is 5.58. The van der Waals surface area contributed by atoms with Crippen LogP contribution in [0.5, 0.6) is 0 Å². The van der Waals surface area contributed by atoms with Gasteiger partial charge in [0.25, 0.3) is 0 Å². The molecule has 0 bridgehead atoms. The second-order valence-corrected chi connectivity index (χ2v) is 4.24. The van der Waals surface area contributed by atoms with Gasteiger partial charge >= 0.3 is 17.5 Å². The maximum absolute atomic E-state index is 13.5. The van der Waals surface area contributed by atoms with Crippen molar-refractivity contribution in [2.24, 2.45) is 0 Å². The van der Waals surface area contributed by atoms with Crippen molar-refractivity contribution in [2.75, 3.05) is 0 Å². The fourth-order valence-electron chi connectivity index (χ4n) is 1.51. The lowest BCUT2D eigenvalue weighted by Crippen LogP contribution is -2.49. The molecule has 0 spiro atoms. The minimum Gasteiger partial charge on any atom is -0.284 e. The lowest BCUT2D eigenvalue weighted by molar-refractivity contribution is -0.176. The molecule has 20 heavy (non-hydrogen) atoms. The summed E-state index contributed by atoms with van der Waals surface area (Å²) in [5.41, 5.74) is -4.15. The van der Waals surface area contributed by atoms with Gasteiger partial charge in [0.05, 0.1) is 6.42 Å². The first kappa shape index (κ1) is 17.0. The molecule has 0 aromatic heterocycles. The summed E-state index contributed by atoms with van der Waals surface area (Å²) in [5, 5.41) is 0. The van der Waals surface area contributed by atoms with Crippen LogP contribution in [0.25, 0.3) is 0 Å². The summed E-state index contributed by atoms with van der Waals surface area (Å²) in [6.45, 7) is 0. The van der Waals surface area contributed by atoms with E-state index in [9.17, 15) is 39.3 Å². The summed E-state index contributed by atoms with van der Waals surface area (Å²) in [4.78, 5) is 0. The molecule has 0 amide bonds. The average molecular weight is 332 g/mol. The molecule has 0 fully saturated rings. The van der Waals surface area contributed by atoms with Crippen LogP contribution in [0, 0.1) is 0 Å². The molecule has 0 heterocycles. The van der Waals surface area contributed by atoms with Crippen molar-refractivity contribution >= 4 is 11.4 Å². The molecule has 0 aromatic rings. The average Bonchev–Trinajstić information content (AvgIpc) is 2.29. The van der Waals surface area contributed by atoms with Crippen LogP contribution in [0.2, 0.25) is 0 Å². The molecule has 116 valence electrons. The van der Waals surface area contributed by atoms with Crippen molar-refractivity contribution in [3.05, 3.63) is 23.3 Å². The van der Waals surface area contributed by atoms with Gasteiger partial charge in [0.2, 0.25) is 0 Å². The third-order valence-electron chi connectivity index (χ3n) is 2.28. The Labute approximate surface area is 108 Å². The molecule has 0 aliphatic heterocycles. The van der Waals surface area contributed by atoms with Gasteiger partial charge in [-0.05, 0) is 0 Å². The fourth-order valence-corrected chi connectivity index (χ4v) is 1.99. The van der Waals surface area contributed by atoms with E-state index in [-0.39, 0.29) is 0 Å². The molecule has 3 nitrogen and oxygen atoms in total. The SMILES string of the molecule is O=S(O)OC1(CC(F)(F)F)C(F)=C(F)C(F)=C(F)C1F. The smallest absolute Gasteiger partial charge is 0.284 e. The maximum atomic E-state index is 13.5. The zero-order chi connectivity index (χ0) is 15.9. The minimum absolute atomic E-state index is 2.68. The van der Waals surface area contributed by atoms with Crippen LogP contribution in [0.1, 0.15) is 6.42 Å². The number of hydrogen-bond acceptors (Lipinski definition) is 2. The van der Waals surface area contributed by atoms with Crippen LogP contribution in [-0.4, -0.2) is 26.7 Å². The first-order valence-electron chi connectivity index (χ1n) is 4.55. The van der Waals surface area contributed by atoms with Crippen molar-refractivity contribution in [1.29, 1.82) is 0 Å². The normalized spacial score (nSPS) is 29.9.